The molecule has 0 aliphatic heterocycles. The molecule has 4 heteroatoms. The Morgan fingerprint density at radius 3 is 2.43 bits per heavy atom. The molecule has 0 aromatic heterocycles. The van der Waals surface area contributed by atoms with Crippen LogP contribution in [0.25, 0.3) is 0 Å². The van der Waals surface area contributed by atoms with Gasteiger partial charge in [-0.2, -0.15) is 0 Å². The third-order valence-electron chi connectivity index (χ3n) is 4.02. The van der Waals surface area contributed by atoms with E-state index < -0.39 is 0 Å². The smallest absolute Gasteiger partial charge is 0.128 e. The Kier molecular flexibility index (Phi) is 7.85. The average Bonchev–Trinajstić information content (AvgIpc) is 2.49. The average molecular weight is 360 g/mol. The highest BCUT2D eigenvalue weighted by atomic mass is 79.9. The third kappa shape index (κ3) is 4.51. The van der Waals surface area contributed by atoms with Gasteiger partial charge in [0.05, 0.1) is 11.6 Å². The van der Waals surface area contributed by atoms with Gasteiger partial charge in [-0.3, -0.25) is 0 Å². The lowest BCUT2D eigenvalue weighted by atomic mass is 9.83. The Labute approximate surface area is 136 Å². The lowest BCUT2D eigenvalue weighted by Crippen LogP contribution is -2.46. The minimum atomic E-state index is -0.383. The van der Waals surface area contributed by atoms with Gasteiger partial charge in [0, 0.05) is 16.6 Å². The van der Waals surface area contributed by atoms with E-state index in [4.69, 9.17) is 4.74 Å². The highest BCUT2D eigenvalue weighted by molar-refractivity contribution is 9.10. The van der Waals surface area contributed by atoms with E-state index in [1.807, 2.05) is 13.0 Å². The summed E-state index contributed by atoms with van der Waals surface area (Å²) in [7, 11) is 0. The van der Waals surface area contributed by atoms with Crippen LogP contribution < -0.4 is 5.32 Å². The van der Waals surface area contributed by atoms with Crippen LogP contribution >= 0.6 is 15.9 Å². The number of ether oxygens (including phenoxy) is 1. The predicted octanol–water partition coefficient (Wildman–Crippen LogP) is 5.22. The second-order valence-corrected chi connectivity index (χ2v) is 6.17. The Morgan fingerprint density at radius 1 is 1.24 bits per heavy atom. The van der Waals surface area contributed by atoms with Gasteiger partial charge in [0.25, 0.3) is 0 Å². The van der Waals surface area contributed by atoms with Crippen LogP contribution in [-0.2, 0) is 4.74 Å². The van der Waals surface area contributed by atoms with Gasteiger partial charge in [-0.1, -0.05) is 36.7 Å². The lowest BCUT2D eigenvalue weighted by molar-refractivity contribution is -0.0739. The summed E-state index contributed by atoms with van der Waals surface area (Å²) in [5.74, 6) is -0.183. The SMILES string of the molecule is CCCNC(c1cc(Br)ccc1F)C(CC)(CC)OCC. The van der Waals surface area contributed by atoms with Gasteiger partial charge >= 0.3 is 0 Å². The van der Waals surface area contributed by atoms with E-state index in [1.165, 1.54) is 6.07 Å². The van der Waals surface area contributed by atoms with Crippen LogP contribution in [0.1, 0.15) is 58.6 Å². The largest absolute Gasteiger partial charge is 0.373 e. The Morgan fingerprint density at radius 2 is 1.90 bits per heavy atom. The monoisotopic (exact) mass is 359 g/mol. The molecular weight excluding hydrogens is 333 g/mol. The fourth-order valence-corrected chi connectivity index (χ4v) is 3.22. The molecule has 0 amide bonds. The first-order valence-electron chi connectivity index (χ1n) is 7.86. The molecule has 1 atom stereocenters. The maximum atomic E-state index is 14.4. The Balaban J connectivity index is 3.28. The predicted molar refractivity (Wildman–Crippen MR) is 90.1 cm³/mol. The number of benzene rings is 1. The quantitative estimate of drug-likeness (QED) is 0.652. The summed E-state index contributed by atoms with van der Waals surface area (Å²) in [6.07, 6.45) is 2.68. The highest BCUT2D eigenvalue weighted by Gasteiger charge is 2.38. The van der Waals surface area contributed by atoms with E-state index in [0.717, 1.165) is 30.3 Å². The van der Waals surface area contributed by atoms with Gasteiger partial charge in [0.15, 0.2) is 0 Å². The van der Waals surface area contributed by atoms with Crippen LogP contribution in [-0.4, -0.2) is 18.8 Å². The van der Waals surface area contributed by atoms with Gasteiger partial charge in [0.2, 0.25) is 0 Å². The molecule has 0 bridgehead atoms. The Bertz CT molecular complexity index is 435. The van der Waals surface area contributed by atoms with E-state index >= 15 is 0 Å². The highest BCUT2D eigenvalue weighted by Crippen LogP contribution is 2.37. The standard InChI is InChI=1S/C17H27BrFNO/c1-5-11-20-16(17(6-2,7-3)21-8-4)14-12-13(18)9-10-15(14)19/h9-10,12,16,20H,5-8,11H2,1-4H3. The van der Waals surface area contributed by atoms with Gasteiger partial charge in [-0.15, -0.1) is 0 Å². The van der Waals surface area contributed by atoms with Crippen molar-refractivity contribution in [1.29, 1.82) is 0 Å². The molecule has 0 aliphatic rings. The van der Waals surface area contributed by atoms with Gasteiger partial charge in [-0.25, -0.2) is 4.39 Å². The molecule has 1 rings (SSSR count). The summed E-state index contributed by atoms with van der Waals surface area (Å²) in [5.41, 5.74) is 0.293. The molecule has 1 unspecified atom stereocenters. The number of halogens is 2. The fraction of sp³-hybridized carbons (Fsp3) is 0.647. The van der Waals surface area contributed by atoms with Crippen LogP contribution in [0, 0.1) is 5.82 Å². The minimum absolute atomic E-state index is 0.148. The summed E-state index contributed by atoms with van der Waals surface area (Å²) in [5, 5.41) is 3.50. The molecule has 120 valence electrons. The number of rotatable bonds is 9. The molecule has 2 nitrogen and oxygen atoms in total. The summed E-state index contributed by atoms with van der Waals surface area (Å²) in [4.78, 5) is 0. The summed E-state index contributed by atoms with van der Waals surface area (Å²) < 4.78 is 21.4. The molecule has 0 saturated carbocycles. The molecule has 1 N–H and O–H groups in total. The maximum Gasteiger partial charge on any atom is 0.128 e. The molecule has 0 saturated heterocycles. The van der Waals surface area contributed by atoms with E-state index in [9.17, 15) is 4.39 Å². The molecule has 1 aromatic rings. The molecular formula is C17H27BrFNO. The van der Waals surface area contributed by atoms with Crippen molar-refractivity contribution in [2.45, 2.75) is 58.6 Å². The summed E-state index contributed by atoms with van der Waals surface area (Å²) in [6.45, 7) is 9.79. The van der Waals surface area contributed by atoms with Crippen LogP contribution in [0.3, 0.4) is 0 Å². The van der Waals surface area contributed by atoms with Crippen molar-refractivity contribution in [3.05, 3.63) is 34.1 Å². The fourth-order valence-electron chi connectivity index (χ4n) is 2.84. The number of hydrogen-bond donors (Lipinski definition) is 1. The van der Waals surface area contributed by atoms with E-state index in [1.54, 1.807) is 6.07 Å². The van der Waals surface area contributed by atoms with E-state index in [0.29, 0.717) is 12.2 Å². The van der Waals surface area contributed by atoms with Crippen molar-refractivity contribution < 1.29 is 9.13 Å². The Hall–Kier alpha value is -0.450. The topological polar surface area (TPSA) is 21.3 Å². The van der Waals surface area contributed by atoms with Crippen LogP contribution in [0.15, 0.2) is 22.7 Å². The van der Waals surface area contributed by atoms with Crippen LogP contribution in [0.4, 0.5) is 4.39 Å². The van der Waals surface area contributed by atoms with Crippen molar-refractivity contribution in [2.75, 3.05) is 13.2 Å². The zero-order valence-corrected chi connectivity index (χ0v) is 15.1. The molecule has 0 heterocycles. The molecule has 0 fully saturated rings. The first-order chi connectivity index (χ1) is 10.0. The molecule has 0 radical (unpaired) electrons. The van der Waals surface area contributed by atoms with E-state index in [2.05, 4.69) is 42.0 Å². The molecule has 21 heavy (non-hydrogen) atoms. The lowest BCUT2D eigenvalue weighted by Gasteiger charge is -2.40. The first-order valence-corrected chi connectivity index (χ1v) is 8.66. The zero-order chi connectivity index (χ0) is 15.9. The van der Waals surface area contributed by atoms with Crippen molar-refractivity contribution in [3.8, 4) is 0 Å². The number of nitrogens with one attached hydrogen (secondary N) is 1. The second-order valence-electron chi connectivity index (χ2n) is 5.26. The second kappa shape index (κ2) is 8.86. The van der Waals surface area contributed by atoms with Gasteiger partial charge < -0.3 is 10.1 Å². The van der Waals surface area contributed by atoms with Gasteiger partial charge in [0.1, 0.15) is 5.82 Å². The molecule has 1 aromatic carbocycles. The molecule has 0 aliphatic carbocycles. The zero-order valence-electron chi connectivity index (χ0n) is 13.5. The normalized spacial score (nSPS) is 13.4. The number of hydrogen-bond acceptors (Lipinski definition) is 2. The maximum absolute atomic E-state index is 14.4. The van der Waals surface area contributed by atoms with E-state index in [-0.39, 0.29) is 17.5 Å². The van der Waals surface area contributed by atoms with Gasteiger partial charge in [-0.05, 0) is 50.9 Å². The summed E-state index contributed by atoms with van der Waals surface area (Å²) in [6, 6.07) is 4.96. The minimum Gasteiger partial charge on any atom is -0.373 e. The van der Waals surface area contributed by atoms with Crippen LogP contribution in [0.2, 0.25) is 0 Å². The van der Waals surface area contributed by atoms with Crippen molar-refractivity contribution in [3.63, 3.8) is 0 Å². The molecule has 0 spiro atoms. The van der Waals surface area contributed by atoms with Crippen LogP contribution in [0.5, 0.6) is 0 Å². The van der Waals surface area contributed by atoms with Crippen molar-refractivity contribution in [2.24, 2.45) is 0 Å². The first kappa shape index (κ1) is 18.6. The van der Waals surface area contributed by atoms with Crippen molar-refractivity contribution >= 4 is 15.9 Å². The third-order valence-corrected chi connectivity index (χ3v) is 4.52. The van der Waals surface area contributed by atoms with Crippen molar-refractivity contribution in [1.82, 2.24) is 5.32 Å². The summed E-state index contributed by atoms with van der Waals surface area (Å²) >= 11 is 3.45.